The van der Waals surface area contributed by atoms with Crippen LogP contribution >= 0.6 is 0 Å². The maximum Gasteiger partial charge on any atom is 0.0983 e. The van der Waals surface area contributed by atoms with Gasteiger partial charge in [0.2, 0.25) is 0 Å². The van der Waals surface area contributed by atoms with Gasteiger partial charge in [-0.15, -0.1) is 0 Å². The molecular formula is C24H30N4O. The predicted molar refractivity (Wildman–Crippen MR) is 115 cm³/mol. The zero-order valence-corrected chi connectivity index (χ0v) is 17.2. The van der Waals surface area contributed by atoms with E-state index in [0.29, 0.717) is 0 Å². The molecule has 2 aromatic heterocycles. The molecule has 5 heteroatoms. The largest absolute Gasteiger partial charge is 0.396 e. The molecule has 0 amide bonds. The minimum Gasteiger partial charge on any atom is -0.396 e. The smallest absolute Gasteiger partial charge is 0.0983 e. The summed E-state index contributed by atoms with van der Waals surface area (Å²) >= 11 is 0. The van der Waals surface area contributed by atoms with Gasteiger partial charge in [0.1, 0.15) is 0 Å². The van der Waals surface area contributed by atoms with Crippen molar-refractivity contribution in [2.75, 3.05) is 19.7 Å². The van der Waals surface area contributed by atoms with Crippen LogP contribution in [0.1, 0.15) is 37.3 Å². The molecule has 3 aromatic rings. The standard InChI is InChI=1S/C24H30N4O/c1-2-10-24(19-29)11-13-27(18-24)16-22-17-28(15-20-7-4-3-5-8-20)26-23(22)21-9-6-12-25-14-21/h3-9,12,14,17,29H,2,10-11,13,15-16,18-19H2,1H3. The third-order valence-corrected chi connectivity index (χ3v) is 5.99. The summed E-state index contributed by atoms with van der Waals surface area (Å²) in [6.45, 7) is 6.06. The third kappa shape index (κ3) is 4.57. The molecule has 1 aliphatic heterocycles. The molecule has 0 spiro atoms. The first-order valence-electron chi connectivity index (χ1n) is 10.6. The lowest BCUT2D eigenvalue weighted by atomic mass is 9.83. The lowest BCUT2D eigenvalue weighted by Crippen LogP contribution is -2.30. The number of aliphatic hydroxyl groups excluding tert-OH is 1. The molecule has 5 nitrogen and oxygen atoms in total. The number of pyridine rings is 1. The van der Waals surface area contributed by atoms with Crippen LogP contribution in [-0.4, -0.2) is 44.5 Å². The van der Waals surface area contributed by atoms with E-state index in [1.165, 1.54) is 11.1 Å². The normalized spacial score (nSPS) is 19.7. The van der Waals surface area contributed by atoms with Gasteiger partial charge in [-0.3, -0.25) is 14.6 Å². The van der Waals surface area contributed by atoms with Crippen LogP contribution in [0.2, 0.25) is 0 Å². The van der Waals surface area contributed by atoms with E-state index in [9.17, 15) is 5.11 Å². The number of aliphatic hydroxyl groups is 1. The number of rotatable bonds is 8. The molecule has 1 saturated heterocycles. The van der Waals surface area contributed by atoms with Gasteiger partial charge in [0, 0.05) is 54.8 Å². The number of benzene rings is 1. The highest BCUT2D eigenvalue weighted by molar-refractivity contribution is 5.61. The molecule has 1 unspecified atom stereocenters. The maximum atomic E-state index is 9.98. The quantitative estimate of drug-likeness (QED) is 0.632. The average molecular weight is 391 g/mol. The highest BCUT2D eigenvalue weighted by Gasteiger charge is 2.37. The van der Waals surface area contributed by atoms with E-state index in [0.717, 1.165) is 56.7 Å². The summed E-state index contributed by atoms with van der Waals surface area (Å²) in [4.78, 5) is 6.76. The molecular weight excluding hydrogens is 360 g/mol. The van der Waals surface area contributed by atoms with Crippen molar-refractivity contribution in [3.8, 4) is 11.3 Å². The predicted octanol–water partition coefficient (Wildman–Crippen LogP) is 3.98. The monoisotopic (exact) mass is 390 g/mol. The van der Waals surface area contributed by atoms with E-state index >= 15 is 0 Å². The third-order valence-electron chi connectivity index (χ3n) is 5.99. The Bertz CT molecular complexity index is 909. The van der Waals surface area contributed by atoms with Crippen molar-refractivity contribution in [3.63, 3.8) is 0 Å². The van der Waals surface area contributed by atoms with Crippen LogP contribution in [0.15, 0.2) is 61.1 Å². The Labute approximate surface area is 173 Å². The molecule has 3 heterocycles. The first kappa shape index (κ1) is 19.8. The molecule has 1 fully saturated rings. The molecule has 1 N–H and O–H groups in total. The molecule has 1 aromatic carbocycles. The molecule has 29 heavy (non-hydrogen) atoms. The van der Waals surface area contributed by atoms with Gasteiger partial charge in [0.15, 0.2) is 0 Å². The Hall–Kier alpha value is -2.50. The Balaban J connectivity index is 1.58. The molecule has 1 atom stereocenters. The van der Waals surface area contributed by atoms with Crippen molar-refractivity contribution in [2.45, 2.75) is 39.3 Å². The summed E-state index contributed by atoms with van der Waals surface area (Å²) in [5, 5.41) is 14.9. The zero-order chi connectivity index (χ0) is 20.1. The van der Waals surface area contributed by atoms with Gasteiger partial charge in [-0.05, 0) is 37.1 Å². The van der Waals surface area contributed by atoms with Crippen LogP contribution < -0.4 is 0 Å². The Morgan fingerprint density at radius 1 is 1.10 bits per heavy atom. The van der Waals surface area contributed by atoms with Crippen molar-refractivity contribution < 1.29 is 5.11 Å². The van der Waals surface area contributed by atoms with Crippen LogP contribution in [0.3, 0.4) is 0 Å². The van der Waals surface area contributed by atoms with Gasteiger partial charge in [0.05, 0.1) is 12.2 Å². The average Bonchev–Trinajstić information content (AvgIpc) is 3.34. The fraction of sp³-hybridized carbons (Fsp3) is 0.417. The fourth-order valence-electron chi connectivity index (χ4n) is 4.52. The summed E-state index contributed by atoms with van der Waals surface area (Å²) in [5.41, 5.74) is 4.58. The maximum absolute atomic E-state index is 9.98. The van der Waals surface area contributed by atoms with E-state index in [2.05, 4.69) is 53.3 Å². The van der Waals surface area contributed by atoms with Crippen molar-refractivity contribution in [3.05, 3.63) is 72.2 Å². The first-order chi connectivity index (χ1) is 14.2. The topological polar surface area (TPSA) is 54.2 Å². The van der Waals surface area contributed by atoms with Crippen LogP contribution in [0.25, 0.3) is 11.3 Å². The second-order valence-corrected chi connectivity index (χ2v) is 8.30. The van der Waals surface area contributed by atoms with Crippen molar-refractivity contribution in [1.29, 1.82) is 0 Å². The molecule has 1 aliphatic rings. The highest BCUT2D eigenvalue weighted by atomic mass is 16.3. The van der Waals surface area contributed by atoms with Gasteiger partial charge >= 0.3 is 0 Å². The molecule has 0 saturated carbocycles. The zero-order valence-electron chi connectivity index (χ0n) is 17.2. The second-order valence-electron chi connectivity index (χ2n) is 8.30. The van der Waals surface area contributed by atoms with Gasteiger partial charge in [-0.25, -0.2) is 0 Å². The lowest BCUT2D eigenvalue weighted by molar-refractivity contribution is 0.117. The molecule has 0 bridgehead atoms. The van der Waals surface area contributed by atoms with E-state index in [1.54, 1.807) is 6.20 Å². The van der Waals surface area contributed by atoms with Crippen LogP contribution in [0.5, 0.6) is 0 Å². The first-order valence-corrected chi connectivity index (χ1v) is 10.6. The van der Waals surface area contributed by atoms with Crippen LogP contribution in [0, 0.1) is 5.41 Å². The van der Waals surface area contributed by atoms with E-state index in [4.69, 9.17) is 5.10 Å². The summed E-state index contributed by atoms with van der Waals surface area (Å²) < 4.78 is 2.04. The summed E-state index contributed by atoms with van der Waals surface area (Å²) in [6, 6.07) is 14.5. The highest BCUT2D eigenvalue weighted by Crippen LogP contribution is 2.36. The lowest BCUT2D eigenvalue weighted by Gasteiger charge is -2.26. The minimum atomic E-state index is 0.0588. The number of hydrogen-bond acceptors (Lipinski definition) is 4. The number of aromatic nitrogens is 3. The van der Waals surface area contributed by atoms with Gasteiger partial charge in [-0.1, -0.05) is 43.7 Å². The number of nitrogens with zero attached hydrogens (tertiary/aromatic N) is 4. The SMILES string of the molecule is CCCC1(CO)CCN(Cc2cn(Cc3ccccc3)nc2-c2cccnc2)C1. The molecule has 152 valence electrons. The Morgan fingerprint density at radius 3 is 2.69 bits per heavy atom. The molecule has 0 aliphatic carbocycles. The van der Waals surface area contributed by atoms with Crippen molar-refractivity contribution >= 4 is 0 Å². The van der Waals surface area contributed by atoms with E-state index in [1.807, 2.05) is 23.0 Å². The second kappa shape index (κ2) is 8.89. The molecule has 0 radical (unpaired) electrons. The minimum absolute atomic E-state index is 0.0588. The Morgan fingerprint density at radius 2 is 1.97 bits per heavy atom. The van der Waals surface area contributed by atoms with Crippen molar-refractivity contribution in [2.24, 2.45) is 5.41 Å². The van der Waals surface area contributed by atoms with Gasteiger partial charge < -0.3 is 5.11 Å². The van der Waals surface area contributed by atoms with Gasteiger partial charge in [0.25, 0.3) is 0 Å². The fourth-order valence-corrected chi connectivity index (χ4v) is 4.52. The number of likely N-dealkylation sites (tertiary alicyclic amines) is 1. The van der Waals surface area contributed by atoms with Crippen LogP contribution in [-0.2, 0) is 13.1 Å². The van der Waals surface area contributed by atoms with E-state index < -0.39 is 0 Å². The summed E-state index contributed by atoms with van der Waals surface area (Å²) in [5.74, 6) is 0. The van der Waals surface area contributed by atoms with E-state index in [-0.39, 0.29) is 12.0 Å². The summed E-state index contributed by atoms with van der Waals surface area (Å²) in [7, 11) is 0. The van der Waals surface area contributed by atoms with Gasteiger partial charge in [-0.2, -0.15) is 5.10 Å². The van der Waals surface area contributed by atoms with Crippen LogP contribution in [0.4, 0.5) is 0 Å². The number of hydrogen-bond donors (Lipinski definition) is 1. The van der Waals surface area contributed by atoms with Crippen molar-refractivity contribution in [1.82, 2.24) is 19.7 Å². The Kier molecular flexibility index (Phi) is 6.07. The molecule has 4 rings (SSSR count). The summed E-state index contributed by atoms with van der Waals surface area (Å²) in [6.07, 6.45) is 9.13.